The van der Waals surface area contributed by atoms with E-state index in [0.717, 1.165) is 30.5 Å². The minimum atomic E-state index is -0.362. The van der Waals surface area contributed by atoms with Crippen LogP contribution in [0, 0.1) is 0 Å². The maximum atomic E-state index is 12.9. The molecule has 1 saturated heterocycles. The third kappa shape index (κ3) is 2.36. The first-order valence-corrected chi connectivity index (χ1v) is 9.61. The number of para-hydroxylation sites is 1. The molecule has 4 heteroatoms. The number of carbonyl (C=O) groups is 1. The average Bonchev–Trinajstić information content (AvgIpc) is 2.77. The highest BCUT2D eigenvalue weighted by atomic mass is 32.2. The third-order valence-corrected chi connectivity index (χ3v) is 6.37. The van der Waals surface area contributed by atoms with Crippen molar-refractivity contribution in [2.24, 2.45) is 0 Å². The van der Waals surface area contributed by atoms with Crippen molar-refractivity contribution < 1.29 is 9.53 Å². The van der Waals surface area contributed by atoms with Crippen LogP contribution in [-0.4, -0.2) is 23.1 Å². The summed E-state index contributed by atoms with van der Waals surface area (Å²) in [6, 6.07) is 18.3. The van der Waals surface area contributed by atoms with E-state index in [9.17, 15) is 4.79 Å². The van der Waals surface area contributed by atoms with Gasteiger partial charge in [-0.2, -0.15) is 0 Å². The number of anilines is 1. The Balaban J connectivity index is 1.61. The van der Waals surface area contributed by atoms with Crippen molar-refractivity contribution >= 4 is 23.4 Å². The standard InChI is InChI=1S/C20H21NO2S/c1-24-20-13-7-11-16-10-5-6-12-17(16)21(20)19(22)18(20)23-14-15-8-3-2-4-9-15/h2-6,8-10,12,18H,7,11,13-14H2,1H3. The predicted octanol–water partition coefficient (Wildman–Crippen LogP) is 4.01. The second-order valence-electron chi connectivity index (χ2n) is 6.38. The maximum absolute atomic E-state index is 12.9. The van der Waals surface area contributed by atoms with Crippen LogP contribution < -0.4 is 4.90 Å². The second kappa shape index (κ2) is 6.26. The fourth-order valence-corrected chi connectivity index (χ4v) is 4.94. The Bertz CT molecular complexity index is 748. The number of hydrogen-bond acceptors (Lipinski definition) is 3. The molecule has 2 atom stereocenters. The highest BCUT2D eigenvalue weighted by Gasteiger charge is 2.62. The van der Waals surface area contributed by atoms with Gasteiger partial charge in [0.25, 0.3) is 5.91 Å². The summed E-state index contributed by atoms with van der Waals surface area (Å²) in [5, 5.41) is 0. The van der Waals surface area contributed by atoms with E-state index in [2.05, 4.69) is 24.5 Å². The fourth-order valence-electron chi connectivity index (χ4n) is 3.84. The lowest BCUT2D eigenvalue weighted by Gasteiger charge is -2.55. The Morgan fingerprint density at radius 1 is 1.17 bits per heavy atom. The molecular weight excluding hydrogens is 318 g/mol. The quantitative estimate of drug-likeness (QED) is 0.788. The fraction of sp³-hybridized carbons (Fsp3) is 0.350. The first-order chi connectivity index (χ1) is 11.8. The number of β-lactam (4-membered cyclic amide) rings is 1. The number of nitrogens with zero attached hydrogens (tertiary/aromatic N) is 1. The van der Waals surface area contributed by atoms with Gasteiger partial charge in [0, 0.05) is 5.69 Å². The summed E-state index contributed by atoms with van der Waals surface area (Å²) in [7, 11) is 0. The number of amides is 1. The van der Waals surface area contributed by atoms with Gasteiger partial charge in [0.05, 0.1) is 6.61 Å². The molecule has 124 valence electrons. The molecule has 0 bridgehead atoms. The molecule has 3 nitrogen and oxygen atoms in total. The third-order valence-electron chi connectivity index (χ3n) is 5.06. The molecule has 0 saturated carbocycles. The zero-order chi connectivity index (χ0) is 16.6. The van der Waals surface area contributed by atoms with Gasteiger partial charge in [-0.3, -0.25) is 9.69 Å². The summed E-state index contributed by atoms with van der Waals surface area (Å²) < 4.78 is 6.10. The van der Waals surface area contributed by atoms with Crippen molar-refractivity contribution in [2.45, 2.75) is 36.8 Å². The van der Waals surface area contributed by atoms with E-state index in [1.165, 1.54) is 5.56 Å². The number of thioether (sulfide) groups is 1. The van der Waals surface area contributed by atoms with Gasteiger partial charge in [0.15, 0.2) is 6.10 Å². The molecule has 2 aliphatic rings. The SMILES string of the molecule is CSC12CCCc3ccccc3N1C(=O)C2OCc1ccccc1. The van der Waals surface area contributed by atoms with Crippen LogP contribution in [-0.2, 0) is 22.6 Å². The van der Waals surface area contributed by atoms with Crippen LogP contribution in [0.1, 0.15) is 24.0 Å². The minimum absolute atomic E-state index is 0.0923. The average molecular weight is 339 g/mol. The van der Waals surface area contributed by atoms with Crippen molar-refractivity contribution in [3.05, 3.63) is 65.7 Å². The largest absolute Gasteiger partial charge is 0.360 e. The number of aryl methyl sites for hydroxylation is 1. The van der Waals surface area contributed by atoms with Crippen molar-refractivity contribution in [2.75, 3.05) is 11.2 Å². The zero-order valence-corrected chi connectivity index (χ0v) is 14.6. The van der Waals surface area contributed by atoms with Crippen molar-refractivity contribution in [1.29, 1.82) is 0 Å². The summed E-state index contributed by atoms with van der Waals surface area (Å²) in [5.74, 6) is 0.0923. The summed E-state index contributed by atoms with van der Waals surface area (Å²) in [6.45, 7) is 0.481. The Morgan fingerprint density at radius 2 is 1.92 bits per heavy atom. The number of carbonyl (C=O) groups excluding carboxylic acids is 1. The molecule has 2 heterocycles. The van der Waals surface area contributed by atoms with Gasteiger partial charge in [0.2, 0.25) is 0 Å². The van der Waals surface area contributed by atoms with Crippen molar-refractivity contribution in [3.63, 3.8) is 0 Å². The van der Waals surface area contributed by atoms with Crippen LogP contribution in [0.4, 0.5) is 5.69 Å². The van der Waals surface area contributed by atoms with E-state index in [1.807, 2.05) is 41.3 Å². The number of fused-ring (bicyclic) bond motifs is 3. The van der Waals surface area contributed by atoms with E-state index in [0.29, 0.717) is 6.61 Å². The van der Waals surface area contributed by atoms with E-state index in [1.54, 1.807) is 11.8 Å². The lowest BCUT2D eigenvalue weighted by Crippen LogP contribution is -2.73. The Labute approximate surface area is 147 Å². The van der Waals surface area contributed by atoms with Gasteiger partial charge in [-0.1, -0.05) is 48.5 Å². The molecule has 24 heavy (non-hydrogen) atoms. The smallest absolute Gasteiger partial charge is 0.260 e. The number of ether oxygens (including phenoxy) is 1. The monoisotopic (exact) mass is 339 g/mol. The first-order valence-electron chi connectivity index (χ1n) is 8.39. The van der Waals surface area contributed by atoms with Crippen LogP contribution in [0.15, 0.2) is 54.6 Å². The number of hydrogen-bond donors (Lipinski definition) is 0. The van der Waals surface area contributed by atoms with Gasteiger partial charge in [-0.15, -0.1) is 11.8 Å². The van der Waals surface area contributed by atoms with Gasteiger partial charge in [-0.25, -0.2) is 0 Å². The van der Waals surface area contributed by atoms with Crippen LogP contribution in [0.5, 0.6) is 0 Å². The van der Waals surface area contributed by atoms with E-state index >= 15 is 0 Å². The van der Waals surface area contributed by atoms with Crippen molar-refractivity contribution in [1.82, 2.24) is 0 Å². The van der Waals surface area contributed by atoms with E-state index < -0.39 is 0 Å². The molecule has 2 aliphatic heterocycles. The van der Waals surface area contributed by atoms with Crippen LogP contribution in [0.2, 0.25) is 0 Å². The van der Waals surface area contributed by atoms with Gasteiger partial charge in [-0.05, 0) is 42.7 Å². The molecular formula is C20H21NO2S. The Kier molecular flexibility index (Phi) is 4.10. The summed E-state index contributed by atoms with van der Waals surface area (Å²) in [5.41, 5.74) is 3.44. The second-order valence-corrected chi connectivity index (χ2v) is 7.50. The van der Waals surface area contributed by atoms with Gasteiger partial charge in [0.1, 0.15) is 4.87 Å². The maximum Gasteiger partial charge on any atom is 0.260 e. The summed E-state index contributed by atoms with van der Waals surface area (Å²) in [4.78, 5) is 14.6. The lowest BCUT2D eigenvalue weighted by molar-refractivity contribution is -0.145. The van der Waals surface area contributed by atoms with E-state index in [4.69, 9.17) is 4.74 Å². The van der Waals surface area contributed by atoms with Crippen molar-refractivity contribution in [3.8, 4) is 0 Å². The minimum Gasteiger partial charge on any atom is -0.360 e. The predicted molar refractivity (Wildman–Crippen MR) is 98.1 cm³/mol. The lowest BCUT2D eigenvalue weighted by atomic mass is 9.92. The van der Waals surface area contributed by atoms with Crippen LogP contribution >= 0.6 is 11.8 Å². The first kappa shape index (κ1) is 15.7. The topological polar surface area (TPSA) is 29.5 Å². The molecule has 2 unspecified atom stereocenters. The summed E-state index contributed by atoms with van der Waals surface area (Å²) in [6.07, 6.45) is 4.79. The van der Waals surface area contributed by atoms with Crippen LogP contribution in [0.25, 0.3) is 0 Å². The zero-order valence-electron chi connectivity index (χ0n) is 13.8. The number of rotatable bonds is 4. The molecule has 0 aliphatic carbocycles. The molecule has 4 rings (SSSR count). The highest BCUT2D eigenvalue weighted by molar-refractivity contribution is 8.00. The Hall–Kier alpha value is -1.78. The number of benzene rings is 2. The van der Waals surface area contributed by atoms with Crippen LogP contribution in [0.3, 0.4) is 0 Å². The molecule has 1 amide bonds. The molecule has 1 fully saturated rings. The summed E-state index contributed by atoms with van der Waals surface area (Å²) >= 11 is 1.75. The highest BCUT2D eigenvalue weighted by Crippen LogP contribution is 2.51. The Morgan fingerprint density at radius 3 is 2.71 bits per heavy atom. The molecule has 2 aromatic carbocycles. The molecule has 0 spiro atoms. The molecule has 0 radical (unpaired) electrons. The van der Waals surface area contributed by atoms with E-state index in [-0.39, 0.29) is 16.9 Å². The molecule has 2 aromatic rings. The molecule has 0 aromatic heterocycles. The van der Waals surface area contributed by atoms with Gasteiger partial charge < -0.3 is 4.74 Å². The normalized spacial score (nSPS) is 25.5. The van der Waals surface area contributed by atoms with Gasteiger partial charge >= 0.3 is 0 Å². The molecule has 0 N–H and O–H groups in total.